The summed E-state index contributed by atoms with van der Waals surface area (Å²) >= 11 is 7.49. The molecule has 1 aromatic heterocycles. The van der Waals surface area contributed by atoms with Crippen molar-refractivity contribution in [1.82, 2.24) is 9.88 Å². The predicted molar refractivity (Wildman–Crippen MR) is 99.6 cm³/mol. The summed E-state index contributed by atoms with van der Waals surface area (Å²) in [6.07, 6.45) is 3.47. The van der Waals surface area contributed by atoms with Gasteiger partial charge in [-0.25, -0.2) is 4.79 Å². The molecule has 1 aliphatic heterocycles. The summed E-state index contributed by atoms with van der Waals surface area (Å²) < 4.78 is 0. The number of amides is 2. The maximum Gasteiger partial charge on any atom is 0.328 e. The van der Waals surface area contributed by atoms with E-state index in [0.717, 1.165) is 17.3 Å². The lowest BCUT2D eigenvalue weighted by Crippen LogP contribution is -2.37. The van der Waals surface area contributed by atoms with Crippen molar-refractivity contribution in [3.63, 3.8) is 0 Å². The first-order chi connectivity index (χ1) is 11.6. The zero-order valence-electron chi connectivity index (χ0n) is 13.1. The molecule has 24 heavy (non-hydrogen) atoms. The van der Waals surface area contributed by atoms with Gasteiger partial charge in [0.15, 0.2) is 5.17 Å². The number of pyridine rings is 1. The monoisotopic (exact) mass is 360 g/mol. The Morgan fingerprint density at radius 1 is 1.38 bits per heavy atom. The number of aromatic nitrogens is 1. The van der Waals surface area contributed by atoms with Gasteiger partial charge in [0.1, 0.15) is 0 Å². The average molecular weight is 361 g/mol. The fraction of sp³-hybridized carbons (Fsp3) is 0.235. The molecule has 1 aromatic carbocycles. The van der Waals surface area contributed by atoms with E-state index in [1.807, 2.05) is 12.1 Å². The van der Waals surface area contributed by atoms with Gasteiger partial charge >= 0.3 is 6.03 Å². The van der Waals surface area contributed by atoms with Crippen molar-refractivity contribution in [2.75, 3.05) is 11.9 Å². The number of nitrogens with one attached hydrogen (secondary N) is 1. The summed E-state index contributed by atoms with van der Waals surface area (Å²) in [5.74, 6) is 0. The van der Waals surface area contributed by atoms with E-state index in [2.05, 4.69) is 22.2 Å². The Morgan fingerprint density at radius 3 is 2.79 bits per heavy atom. The van der Waals surface area contributed by atoms with Gasteiger partial charge in [-0.2, -0.15) is 0 Å². The third-order valence-electron chi connectivity index (χ3n) is 3.43. The molecule has 7 heteroatoms. The standard InChI is InChI=1S/C17H17ClN4OS/c1-12-9-20-17(24-12)22(11-13-3-2-8-19-10-13)16(23)21-15-6-4-14(18)5-7-15/h2-8,10,12H,9,11H2,1H3,(H,21,23)/t12-/m1/s1. The molecule has 0 bridgehead atoms. The van der Waals surface area contributed by atoms with Crippen LogP contribution in [0.3, 0.4) is 0 Å². The first-order valence-corrected chi connectivity index (χ1v) is 8.81. The van der Waals surface area contributed by atoms with Gasteiger partial charge in [-0.15, -0.1) is 0 Å². The highest BCUT2D eigenvalue weighted by molar-refractivity contribution is 8.14. The summed E-state index contributed by atoms with van der Waals surface area (Å²) in [4.78, 5) is 23.0. The minimum atomic E-state index is -0.221. The number of carbonyl (C=O) groups is 1. The predicted octanol–water partition coefficient (Wildman–Crippen LogP) is 4.26. The van der Waals surface area contributed by atoms with E-state index in [1.165, 1.54) is 0 Å². The number of amidine groups is 1. The van der Waals surface area contributed by atoms with E-state index < -0.39 is 0 Å². The average Bonchev–Trinajstić information content (AvgIpc) is 3.02. The summed E-state index contributed by atoms with van der Waals surface area (Å²) in [6.45, 7) is 3.24. The zero-order chi connectivity index (χ0) is 16.9. The number of hydrogen-bond acceptors (Lipinski definition) is 4. The summed E-state index contributed by atoms with van der Waals surface area (Å²) in [6, 6.07) is 10.6. The Balaban J connectivity index is 1.78. The Bertz CT molecular complexity index is 736. The SMILES string of the molecule is C[C@@H]1CN=C(N(Cc2cccnc2)C(=O)Nc2ccc(Cl)cc2)S1. The second-order valence-electron chi connectivity index (χ2n) is 5.44. The maximum atomic E-state index is 12.8. The lowest BCUT2D eigenvalue weighted by molar-refractivity contribution is 0.233. The second-order valence-corrected chi connectivity index (χ2v) is 7.28. The number of urea groups is 1. The van der Waals surface area contributed by atoms with Crippen LogP contribution in [0, 0.1) is 0 Å². The zero-order valence-corrected chi connectivity index (χ0v) is 14.7. The topological polar surface area (TPSA) is 57.6 Å². The fourth-order valence-corrected chi connectivity index (χ4v) is 3.29. The molecule has 0 spiro atoms. The smallest absolute Gasteiger partial charge is 0.307 e. The third-order valence-corrected chi connectivity index (χ3v) is 4.79. The molecule has 2 heterocycles. The molecule has 3 rings (SSSR count). The molecule has 5 nitrogen and oxygen atoms in total. The molecule has 0 saturated heterocycles. The number of carbonyl (C=O) groups excluding carboxylic acids is 1. The van der Waals surface area contributed by atoms with Crippen LogP contribution < -0.4 is 5.32 Å². The van der Waals surface area contributed by atoms with Crippen molar-refractivity contribution in [2.24, 2.45) is 4.99 Å². The molecular formula is C17H17ClN4OS. The Morgan fingerprint density at radius 2 is 2.17 bits per heavy atom. The number of halogens is 1. The molecule has 1 aliphatic rings. The van der Waals surface area contributed by atoms with Crippen LogP contribution in [0.4, 0.5) is 10.5 Å². The summed E-state index contributed by atoms with van der Waals surface area (Å²) in [7, 11) is 0. The molecule has 1 atom stereocenters. The fourth-order valence-electron chi connectivity index (χ4n) is 2.23. The number of benzene rings is 1. The highest BCUT2D eigenvalue weighted by atomic mass is 35.5. The molecule has 2 amide bonds. The molecule has 0 radical (unpaired) electrons. The van der Waals surface area contributed by atoms with Crippen LogP contribution in [0.5, 0.6) is 0 Å². The van der Waals surface area contributed by atoms with Crippen LogP contribution in [0.15, 0.2) is 53.8 Å². The first kappa shape index (κ1) is 16.8. The number of thioether (sulfide) groups is 1. The number of anilines is 1. The third kappa shape index (κ3) is 4.27. The molecule has 124 valence electrons. The lowest BCUT2D eigenvalue weighted by Gasteiger charge is -2.22. The molecule has 2 aromatic rings. The van der Waals surface area contributed by atoms with E-state index in [0.29, 0.717) is 22.5 Å². The van der Waals surface area contributed by atoms with Crippen LogP contribution in [0.1, 0.15) is 12.5 Å². The molecule has 0 aliphatic carbocycles. The minimum Gasteiger partial charge on any atom is -0.307 e. The molecule has 0 saturated carbocycles. The van der Waals surface area contributed by atoms with Crippen molar-refractivity contribution >= 4 is 40.2 Å². The van der Waals surface area contributed by atoms with Gasteiger partial charge < -0.3 is 5.32 Å². The summed E-state index contributed by atoms with van der Waals surface area (Å²) in [5, 5.41) is 4.63. The molecule has 0 unspecified atom stereocenters. The quantitative estimate of drug-likeness (QED) is 0.889. The molecular weight excluding hydrogens is 344 g/mol. The highest BCUT2D eigenvalue weighted by Gasteiger charge is 2.26. The van der Waals surface area contributed by atoms with Gasteiger partial charge in [0, 0.05) is 28.4 Å². The molecule has 1 N–H and O–H groups in total. The van der Waals surface area contributed by atoms with E-state index in [1.54, 1.807) is 53.3 Å². The van der Waals surface area contributed by atoms with E-state index in [-0.39, 0.29) is 6.03 Å². The Hall–Kier alpha value is -2.05. The number of aliphatic imine (C=N–C) groups is 1. The van der Waals surface area contributed by atoms with Crippen molar-refractivity contribution in [3.8, 4) is 0 Å². The van der Waals surface area contributed by atoms with Gasteiger partial charge in [0.25, 0.3) is 0 Å². The van der Waals surface area contributed by atoms with Gasteiger partial charge in [0.2, 0.25) is 0 Å². The minimum absolute atomic E-state index is 0.221. The highest BCUT2D eigenvalue weighted by Crippen LogP contribution is 2.25. The Labute approximate surface area is 150 Å². The van der Waals surface area contributed by atoms with Crippen LogP contribution >= 0.6 is 23.4 Å². The normalized spacial score (nSPS) is 16.6. The largest absolute Gasteiger partial charge is 0.328 e. The van der Waals surface area contributed by atoms with Crippen molar-refractivity contribution in [1.29, 1.82) is 0 Å². The van der Waals surface area contributed by atoms with Crippen LogP contribution in [-0.2, 0) is 6.54 Å². The van der Waals surface area contributed by atoms with Crippen molar-refractivity contribution in [3.05, 3.63) is 59.4 Å². The van der Waals surface area contributed by atoms with Gasteiger partial charge in [-0.05, 0) is 35.9 Å². The Kier molecular flexibility index (Phi) is 5.37. The second kappa shape index (κ2) is 7.68. The van der Waals surface area contributed by atoms with Crippen LogP contribution in [0.25, 0.3) is 0 Å². The van der Waals surface area contributed by atoms with E-state index in [4.69, 9.17) is 11.6 Å². The lowest BCUT2D eigenvalue weighted by atomic mass is 10.3. The summed E-state index contributed by atoms with van der Waals surface area (Å²) in [5.41, 5.74) is 1.64. The van der Waals surface area contributed by atoms with Gasteiger partial charge in [0.05, 0.1) is 13.1 Å². The van der Waals surface area contributed by atoms with Crippen molar-refractivity contribution < 1.29 is 4.79 Å². The maximum absolute atomic E-state index is 12.8. The number of nitrogens with zero attached hydrogens (tertiary/aromatic N) is 3. The number of hydrogen-bond donors (Lipinski definition) is 1. The van der Waals surface area contributed by atoms with E-state index >= 15 is 0 Å². The van der Waals surface area contributed by atoms with Crippen LogP contribution in [0.2, 0.25) is 5.02 Å². The van der Waals surface area contributed by atoms with E-state index in [9.17, 15) is 4.79 Å². The number of rotatable bonds is 3. The van der Waals surface area contributed by atoms with Gasteiger partial charge in [-0.3, -0.25) is 14.9 Å². The first-order valence-electron chi connectivity index (χ1n) is 7.56. The van der Waals surface area contributed by atoms with Gasteiger partial charge in [-0.1, -0.05) is 36.4 Å². The van der Waals surface area contributed by atoms with Crippen molar-refractivity contribution in [2.45, 2.75) is 18.7 Å². The van der Waals surface area contributed by atoms with Crippen LogP contribution in [-0.4, -0.2) is 32.9 Å². The molecule has 0 fully saturated rings.